The van der Waals surface area contributed by atoms with Crippen molar-refractivity contribution in [3.63, 3.8) is 0 Å². The zero-order valence-corrected chi connectivity index (χ0v) is 15.9. The maximum absolute atomic E-state index is 13.9. The molecular formula is C24H19FN2O2. The van der Waals surface area contributed by atoms with Crippen LogP contribution in [0.15, 0.2) is 67.3 Å². The number of rotatable bonds is 5. The lowest BCUT2D eigenvalue weighted by molar-refractivity contribution is -0.136. The lowest BCUT2D eigenvalue weighted by Crippen LogP contribution is -2.05. The Kier molecular flexibility index (Phi) is 5.04. The molecule has 0 aliphatic heterocycles. The molecule has 0 fully saturated rings. The van der Waals surface area contributed by atoms with Gasteiger partial charge in [-0.05, 0) is 64.1 Å². The molecule has 29 heavy (non-hydrogen) atoms. The topological polar surface area (TPSA) is 63.1 Å². The molecule has 4 rings (SSSR count). The molecule has 3 aromatic carbocycles. The van der Waals surface area contributed by atoms with Crippen LogP contribution < -0.4 is 0 Å². The van der Waals surface area contributed by atoms with E-state index in [0.29, 0.717) is 6.42 Å². The lowest BCUT2D eigenvalue weighted by Gasteiger charge is -2.15. The first-order valence-electron chi connectivity index (χ1n) is 9.28. The summed E-state index contributed by atoms with van der Waals surface area (Å²) in [5.41, 5.74) is 5.62. The second-order valence-electron chi connectivity index (χ2n) is 7.08. The second kappa shape index (κ2) is 7.80. The van der Waals surface area contributed by atoms with Gasteiger partial charge in [-0.3, -0.25) is 4.79 Å². The van der Waals surface area contributed by atoms with Crippen molar-refractivity contribution in [3.05, 3.63) is 95.3 Å². The Morgan fingerprint density at radius 3 is 2.41 bits per heavy atom. The van der Waals surface area contributed by atoms with Gasteiger partial charge in [-0.25, -0.2) is 14.4 Å². The highest BCUT2D eigenvalue weighted by atomic mass is 19.1. The summed E-state index contributed by atoms with van der Waals surface area (Å²) in [4.78, 5) is 19.4. The van der Waals surface area contributed by atoms with E-state index in [0.717, 1.165) is 44.2 Å². The van der Waals surface area contributed by atoms with Crippen LogP contribution in [-0.4, -0.2) is 21.0 Å². The molecular weight excluding hydrogens is 367 g/mol. The molecule has 5 heteroatoms. The van der Waals surface area contributed by atoms with Gasteiger partial charge in [0, 0.05) is 18.0 Å². The van der Waals surface area contributed by atoms with Crippen molar-refractivity contribution in [2.45, 2.75) is 19.8 Å². The molecule has 1 aromatic heterocycles. The van der Waals surface area contributed by atoms with Crippen LogP contribution in [0.2, 0.25) is 0 Å². The number of fused-ring (bicyclic) bond motifs is 1. The van der Waals surface area contributed by atoms with E-state index in [1.165, 1.54) is 18.5 Å². The number of carbonyl (C=O) groups is 1. The van der Waals surface area contributed by atoms with Crippen molar-refractivity contribution in [2.75, 3.05) is 0 Å². The van der Waals surface area contributed by atoms with E-state index in [-0.39, 0.29) is 12.2 Å². The third kappa shape index (κ3) is 3.99. The highest BCUT2D eigenvalue weighted by Crippen LogP contribution is 2.29. The van der Waals surface area contributed by atoms with E-state index in [1.807, 2.05) is 37.3 Å². The van der Waals surface area contributed by atoms with Crippen LogP contribution in [0.1, 0.15) is 22.3 Å². The fraction of sp³-hybridized carbons (Fsp3) is 0.125. The van der Waals surface area contributed by atoms with Gasteiger partial charge in [-0.1, -0.05) is 36.4 Å². The highest BCUT2D eigenvalue weighted by Gasteiger charge is 2.14. The van der Waals surface area contributed by atoms with Crippen LogP contribution in [-0.2, 0) is 17.6 Å². The summed E-state index contributed by atoms with van der Waals surface area (Å²) in [7, 11) is 0. The summed E-state index contributed by atoms with van der Waals surface area (Å²) in [6, 6.07) is 14.5. The van der Waals surface area contributed by atoms with E-state index < -0.39 is 5.97 Å². The standard InChI is InChI=1S/C24H19FN2O2/c1-15-19(10-24(28)29)9-18-6-7-21(25)11-23(18)22(15)8-16-2-4-17(5-3-16)20-12-26-14-27-13-20/h2-7,9,11-14H,8,10H2,1H3,(H,28,29). The number of hydrogen-bond donors (Lipinski definition) is 1. The third-order valence-electron chi connectivity index (χ3n) is 5.17. The Bertz CT molecular complexity index is 1190. The van der Waals surface area contributed by atoms with Gasteiger partial charge in [-0.2, -0.15) is 0 Å². The molecule has 0 amide bonds. The van der Waals surface area contributed by atoms with Crippen molar-refractivity contribution >= 4 is 16.7 Å². The summed E-state index contributed by atoms with van der Waals surface area (Å²) in [6.45, 7) is 1.91. The van der Waals surface area contributed by atoms with Gasteiger partial charge in [0.2, 0.25) is 0 Å². The van der Waals surface area contributed by atoms with E-state index in [9.17, 15) is 14.3 Å². The predicted octanol–water partition coefficient (Wildman–Crippen LogP) is 4.96. The van der Waals surface area contributed by atoms with Gasteiger partial charge in [0.25, 0.3) is 0 Å². The van der Waals surface area contributed by atoms with E-state index >= 15 is 0 Å². The van der Waals surface area contributed by atoms with Crippen molar-refractivity contribution in [1.82, 2.24) is 9.97 Å². The fourth-order valence-electron chi connectivity index (χ4n) is 3.65. The molecule has 0 aliphatic carbocycles. The van der Waals surface area contributed by atoms with Crippen LogP contribution in [0.4, 0.5) is 4.39 Å². The Balaban J connectivity index is 1.75. The maximum atomic E-state index is 13.9. The summed E-state index contributed by atoms with van der Waals surface area (Å²) in [5.74, 6) is -1.18. The molecule has 0 saturated heterocycles. The van der Waals surface area contributed by atoms with Gasteiger partial charge in [0.05, 0.1) is 6.42 Å². The number of nitrogens with zero attached hydrogens (tertiary/aromatic N) is 2. The van der Waals surface area contributed by atoms with Crippen LogP contribution in [0.3, 0.4) is 0 Å². The van der Waals surface area contributed by atoms with Crippen molar-refractivity contribution in [2.24, 2.45) is 0 Å². The quantitative estimate of drug-likeness (QED) is 0.526. The SMILES string of the molecule is Cc1c(CC(=O)O)cc2ccc(F)cc2c1Cc1ccc(-c2cncnc2)cc1. The molecule has 0 aliphatic rings. The minimum Gasteiger partial charge on any atom is -0.481 e. The zero-order chi connectivity index (χ0) is 20.4. The normalized spacial score (nSPS) is 11.0. The molecule has 0 radical (unpaired) electrons. The number of benzene rings is 3. The Morgan fingerprint density at radius 2 is 1.72 bits per heavy atom. The summed E-state index contributed by atoms with van der Waals surface area (Å²) in [5, 5.41) is 10.9. The zero-order valence-electron chi connectivity index (χ0n) is 15.9. The summed E-state index contributed by atoms with van der Waals surface area (Å²) < 4.78 is 13.9. The van der Waals surface area contributed by atoms with Crippen LogP contribution >= 0.6 is 0 Å². The first-order chi connectivity index (χ1) is 14.0. The van der Waals surface area contributed by atoms with Crippen molar-refractivity contribution in [1.29, 1.82) is 0 Å². The second-order valence-corrected chi connectivity index (χ2v) is 7.08. The third-order valence-corrected chi connectivity index (χ3v) is 5.17. The van der Waals surface area contributed by atoms with Crippen molar-refractivity contribution < 1.29 is 14.3 Å². The first-order valence-corrected chi connectivity index (χ1v) is 9.28. The van der Waals surface area contributed by atoms with Crippen molar-refractivity contribution in [3.8, 4) is 11.1 Å². The maximum Gasteiger partial charge on any atom is 0.307 e. The average molecular weight is 386 g/mol. The number of carboxylic acid groups (broad SMARTS) is 1. The van der Waals surface area contributed by atoms with E-state index in [2.05, 4.69) is 9.97 Å². The molecule has 144 valence electrons. The number of aliphatic carboxylic acids is 1. The van der Waals surface area contributed by atoms with Crippen LogP contribution in [0.5, 0.6) is 0 Å². The lowest BCUT2D eigenvalue weighted by atomic mass is 9.89. The Morgan fingerprint density at radius 1 is 1.00 bits per heavy atom. The molecule has 1 heterocycles. The molecule has 0 unspecified atom stereocenters. The molecule has 1 N–H and O–H groups in total. The largest absolute Gasteiger partial charge is 0.481 e. The first kappa shape index (κ1) is 18.7. The monoisotopic (exact) mass is 386 g/mol. The van der Waals surface area contributed by atoms with E-state index in [1.54, 1.807) is 18.5 Å². The molecule has 4 aromatic rings. The van der Waals surface area contributed by atoms with E-state index in [4.69, 9.17) is 0 Å². The average Bonchev–Trinajstić information content (AvgIpc) is 2.72. The number of aromatic nitrogens is 2. The fourth-order valence-corrected chi connectivity index (χ4v) is 3.65. The Hall–Kier alpha value is -3.60. The van der Waals surface area contributed by atoms with Gasteiger partial charge in [-0.15, -0.1) is 0 Å². The van der Waals surface area contributed by atoms with Gasteiger partial charge in [0.1, 0.15) is 12.1 Å². The number of carboxylic acids is 1. The minimum absolute atomic E-state index is 0.0565. The predicted molar refractivity (Wildman–Crippen MR) is 110 cm³/mol. The van der Waals surface area contributed by atoms with Gasteiger partial charge >= 0.3 is 5.97 Å². The van der Waals surface area contributed by atoms with Gasteiger partial charge < -0.3 is 5.11 Å². The molecule has 0 spiro atoms. The summed E-state index contributed by atoms with van der Waals surface area (Å²) >= 11 is 0. The van der Waals surface area contributed by atoms with Crippen LogP contribution in [0, 0.1) is 12.7 Å². The molecule has 0 atom stereocenters. The smallest absolute Gasteiger partial charge is 0.307 e. The molecule has 4 nitrogen and oxygen atoms in total. The number of hydrogen-bond acceptors (Lipinski definition) is 3. The number of halogens is 1. The van der Waals surface area contributed by atoms with Crippen LogP contribution in [0.25, 0.3) is 21.9 Å². The molecule has 0 saturated carbocycles. The molecule has 0 bridgehead atoms. The van der Waals surface area contributed by atoms with Gasteiger partial charge in [0.15, 0.2) is 0 Å². The summed E-state index contributed by atoms with van der Waals surface area (Å²) in [6.07, 6.45) is 5.55. The Labute approximate surface area is 167 Å². The highest BCUT2D eigenvalue weighted by molar-refractivity contribution is 5.89. The minimum atomic E-state index is -0.880.